The molecular formula is C25H28ClN3O8S. The van der Waals surface area contributed by atoms with E-state index in [0.29, 0.717) is 0 Å². The number of hydrogen-bond acceptors (Lipinski definition) is 8. The number of rotatable bonds is 7. The van der Waals surface area contributed by atoms with E-state index in [1.807, 2.05) is 0 Å². The molecule has 0 spiro atoms. The van der Waals surface area contributed by atoms with Crippen LogP contribution in [0.3, 0.4) is 0 Å². The van der Waals surface area contributed by atoms with Gasteiger partial charge < -0.3 is 14.8 Å². The number of ether oxygens (including phenoxy) is 2. The molecule has 0 bridgehead atoms. The van der Waals surface area contributed by atoms with Crippen molar-refractivity contribution >= 4 is 44.8 Å². The molecule has 1 aliphatic carbocycles. The van der Waals surface area contributed by atoms with E-state index in [-0.39, 0.29) is 49.8 Å². The van der Waals surface area contributed by atoms with E-state index in [0.717, 1.165) is 55.2 Å². The van der Waals surface area contributed by atoms with Gasteiger partial charge in [-0.1, -0.05) is 43.7 Å². The van der Waals surface area contributed by atoms with E-state index in [9.17, 15) is 28.1 Å². The molecule has 4 rings (SSSR count). The monoisotopic (exact) mass is 565 g/mol. The van der Waals surface area contributed by atoms with Crippen molar-refractivity contribution in [2.24, 2.45) is 5.92 Å². The minimum absolute atomic E-state index is 0.0360. The van der Waals surface area contributed by atoms with Crippen molar-refractivity contribution in [2.75, 3.05) is 26.6 Å². The van der Waals surface area contributed by atoms with Crippen molar-refractivity contribution in [1.29, 1.82) is 0 Å². The minimum Gasteiger partial charge on any atom is -0.495 e. The number of carbonyl (C=O) groups excluding carboxylic acids is 2. The van der Waals surface area contributed by atoms with Gasteiger partial charge in [0.2, 0.25) is 9.84 Å². The van der Waals surface area contributed by atoms with Crippen molar-refractivity contribution in [2.45, 2.75) is 53.9 Å². The summed E-state index contributed by atoms with van der Waals surface area (Å²) in [6.07, 6.45) is 3.95. The van der Waals surface area contributed by atoms with E-state index < -0.39 is 32.3 Å². The first-order valence-corrected chi connectivity index (χ1v) is 13.9. The Kier molecular flexibility index (Phi) is 7.57. The van der Waals surface area contributed by atoms with Crippen LogP contribution in [-0.2, 0) is 24.9 Å². The lowest BCUT2D eigenvalue weighted by Crippen LogP contribution is -2.53. The maximum atomic E-state index is 14.2. The molecule has 13 heteroatoms. The quantitative estimate of drug-likeness (QED) is 0.368. The van der Waals surface area contributed by atoms with Crippen LogP contribution in [0.15, 0.2) is 40.1 Å². The van der Waals surface area contributed by atoms with Crippen molar-refractivity contribution in [3.63, 3.8) is 0 Å². The highest BCUT2D eigenvalue weighted by Gasteiger charge is 2.56. The molecule has 11 nitrogen and oxygen atoms in total. The molecular weight excluding hydrogens is 538 g/mol. The standard InChI is InChI=1S/C25H28ClN3O8S/c1-28(24(31)37-3)25(14-15-7-5-4-6-8-15)21-18(27-23(25)30)11-10-17(26)22(21)38(34,35)20-12-9-16(29(32)33)13-19(20)36-2/h9-13,15H,4-8,14H2,1-3H3,(H,27,30). The van der Waals surface area contributed by atoms with Crippen LogP contribution in [0.25, 0.3) is 0 Å². The minimum atomic E-state index is -4.53. The van der Waals surface area contributed by atoms with Crippen LogP contribution in [0.1, 0.15) is 44.1 Å². The van der Waals surface area contributed by atoms with E-state index >= 15 is 0 Å². The molecule has 2 amide bonds. The Morgan fingerprint density at radius 3 is 2.50 bits per heavy atom. The third-order valence-electron chi connectivity index (χ3n) is 7.39. The van der Waals surface area contributed by atoms with Crippen molar-refractivity contribution in [3.8, 4) is 5.75 Å². The van der Waals surface area contributed by atoms with Gasteiger partial charge in [-0.15, -0.1) is 0 Å². The van der Waals surface area contributed by atoms with Crippen molar-refractivity contribution in [1.82, 2.24) is 4.90 Å². The lowest BCUT2D eigenvalue weighted by molar-refractivity contribution is -0.385. The number of halogens is 1. The molecule has 0 aromatic heterocycles. The Balaban J connectivity index is 2.01. The summed E-state index contributed by atoms with van der Waals surface area (Å²) < 4.78 is 38.6. The van der Waals surface area contributed by atoms with Gasteiger partial charge in [0, 0.05) is 24.4 Å². The first-order chi connectivity index (χ1) is 18.0. The summed E-state index contributed by atoms with van der Waals surface area (Å²) in [6.45, 7) is 0. The smallest absolute Gasteiger partial charge is 0.410 e. The van der Waals surface area contributed by atoms with Gasteiger partial charge in [0.15, 0.2) is 5.54 Å². The number of amides is 2. The largest absolute Gasteiger partial charge is 0.495 e. The average molecular weight is 566 g/mol. The molecule has 1 N–H and O–H groups in total. The number of hydrogen-bond donors (Lipinski definition) is 1. The summed E-state index contributed by atoms with van der Waals surface area (Å²) in [6, 6.07) is 5.96. The number of non-ortho nitro benzene ring substituents is 1. The second kappa shape index (κ2) is 10.4. The Bertz CT molecular complexity index is 1410. The number of nitrogens with one attached hydrogen (secondary N) is 1. The van der Waals surface area contributed by atoms with Crippen LogP contribution < -0.4 is 10.1 Å². The number of fused-ring (bicyclic) bond motifs is 1. The van der Waals surface area contributed by atoms with Gasteiger partial charge in [-0.2, -0.15) is 0 Å². The van der Waals surface area contributed by atoms with Crippen LogP contribution in [-0.4, -0.2) is 51.5 Å². The molecule has 0 radical (unpaired) electrons. The number of methoxy groups -OCH3 is 2. The highest BCUT2D eigenvalue weighted by Crippen LogP contribution is 2.52. The van der Waals surface area contributed by atoms with Gasteiger partial charge in [0.05, 0.1) is 35.1 Å². The molecule has 1 unspecified atom stereocenters. The third kappa shape index (κ3) is 4.45. The van der Waals surface area contributed by atoms with Gasteiger partial charge in [-0.25, -0.2) is 13.2 Å². The van der Waals surface area contributed by atoms with Gasteiger partial charge >= 0.3 is 6.09 Å². The molecule has 1 aliphatic heterocycles. The van der Waals surface area contributed by atoms with E-state index in [4.69, 9.17) is 21.1 Å². The number of anilines is 1. The summed E-state index contributed by atoms with van der Waals surface area (Å²) in [5.74, 6) is -0.791. The van der Waals surface area contributed by atoms with Crippen LogP contribution >= 0.6 is 11.6 Å². The Labute approximate surface area is 225 Å². The fourth-order valence-corrected chi connectivity index (χ4v) is 7.74. The summed E-state index contributed by atoms with van der Waals surface area (Å²) in [4.78, 5) is 37.6. The molecule has 2 aromatic rings. The highest BCUT2D eigenvalue weighted by molar-refractivity contribution is 7.91. The lowest BCUT2D eigenvalue weighted by atomic mass is 9.76. The second-order valence-corrected chi connectivity index (χ2v) is 11.7. The molecule has 1 saturated carbocycles. The van der Waals surface area contributed by atoms with Crippen molar-refractivity contribution < 1.29 is 32.4 Å². The zero-order valence-electron chi connectivity index (χ0n) is 21.2. The average Bonchev–Trinajstić information content (AvgIpc) is 3.18. The predicted molar refractivity (Wildman–Crippen MR) is 138 cm³/mol. The number of nitro groups is 1. The number of nitrogens with zero attached hydrogens (tertiary/aromatic N) is 2. The molecule has 2 aliphatic rings. The molecule has 0 saturated heterocycles. The first kappa shape index (κ1) is 27.6. The zero-order chi connectivity index (χ0) is 27.8. The molecule has 1 heterocycles. The lowest BCUT2D eigenvalue weighted by Gasteiger charge is -2.40. The molecule has 1 atom stereocenters. The number of carbonyl (C=O) groups is 2. The van der Waals surface area contributed by atoms with Crippen LogP contribution in [0.5, 0.6) is 5.75 Å². The van der Waals surface area contributed by atoms with E-state index in [1.165, 1.54) is 33.4 Å². The number of nitro benzene ring substituents is 1. The van der Waals surface area contributed by atoms with Crippen molar-refractivity contribution in [3.05, 3.63) is 51.0 Å². The Morgan fingerprint density at radius 1 is 1.21 bits per heavy atom. The molecule has 204 valence electrons. The Hall–Kier alpha value is -3.38. The Morgan fingerprint density at radius 2 is 1.89 bits per heavy atom. The normalized spacial score (nSPS) is 19.4. The fraction of sp³-hybridized carbons (Fsp3) is 0.440. The number of benzene rings is 2. The summed E-state index contributed by atoms with van der Waals surface area (Å²) in [5, 5.41) is 13.8. The number of likely N-dealkylation sites (N-methyl/N-ethyl adjacent to an activating group) is 1. The van der Waals surface area contributed by atoms with Crippen LogP contribution in [0.4, 0.5) is 16.2 Å². The highest BCUT2D eigenvalue weighted by atomic mass is 35.5. The summed E-state index contributed by atoms with van der Waals surface area (Å²) in [7, 11) is -0.764. The second-order valence-electron chi connectivity index (χ2n) is 9.45. The number of sulfone groups is 1. The van der Waals surface area contributed by atoms with E-state index in [2.05, 4.69) is 5.32 Å². The molecule has 1 fully saturated rings. The van der Waals surface area contributed by atoms with Gasteiger partial charge in [-0.3, -0.25) is 19.8 Å². The zero-order valence-corrected chi connectivity index (χ0v) is 22.7. The maximum Gasteiger partial charge on any atom is 0.410 e. The SMILES string of the molecule is COC(=O)N(C)C1(CC2CCCCC2)C(=O)Nc2ccc(Cl)c(S(=O)(=O)c3ccc([N+](=O)[O-])cc3OC)c21. The first-order valence-electron chi connectivity index (χ1n) is 12.0. The fourth-order valence-electron chi connectivity index (χ4n) is 5.53. The van der Waals surface area contributed by atoms with Gasteiger partial charge in [-0.05, 0) is 30.5 Å². The maximum absolute atomic E-state index is 14.2. The van der Waals surface area contributed by atoms with Crippen LogP contribution in [0, 0.1) is 16.0 Å². The van der Waals surface area contributed by atoms with Gasteiger partial charge in [0.25, 0.3) is 11.6 Å². The molecule has 38 heavy (non-hydrogen) atoms. The van der Waals surface area contributed by atoms with E-state index in [1.54, 1.807) is 0 Å². The predicted octanol–water partition coefficient (Wildman–Crippen LogP) is 4.91. The summed E-state index contributed by atoms with van der Waals surface area (Å²) >= 11 is 6.55. The summed E-state index contributed by atoms with van der Waals surface area (Å²) in [5.41, 5.74) is -1.86. The van der Waals surface area contributed by atoms with Gasteiger partial charge in [0.1, 0.15) is 10.6 Å². The molecule has 2 aromatic carbocycles. The third-order valence-corrected chi connectivity index (χ3v) is 9.70. The topological polar surface area (TPSA) is 145 Å². The van der Waals surface area contributed by atoms with Crippen LogP contribution in [0.2, 0.25) is 5.02 Å².